The van der Waals surface area contributed by atoms with Crippen molar-refractivity contribution in [3.63, 3.8) is 0 Å². The molecule has 1 aromatic heterocycles. The van der Waals surface area contributed by atoms with Gasteiger partial charge in [-0.25, -0.2) is 9.97 Å². The molecule has 0 saturated heterocycles. The molecule has 1 heterocycles. The van der Waals surface area contributed by atoms with Gasteiger partial charge in [0.05, 0.1) is 0 Å². The molecule has 0 fully saturated rings. The van der Waals surface area contributed by atoms with Crippen LogP contribution in [-0.2, 0) is 4.74 Å². The minimum atomic E-state index is -0.0766. The number of aromatic nitrogens is 2. The predicted molar refractivity (Wildman–Crippen MR) is 70.4 cm³/mol. The molecular weight excluding hydrogens is 214 g/mol. The number of hydrogen-bond donors (Lipinski definition) is 1. The van der Waals surface area contributed by atoms with Gasteiger partial charge in [0.1, 0.15) is 11.9 Å². The Morgan fingerprint density at radius 3 is 2.35 bits per heavy atom. The third-order valence-corrected chi connectivity index (χ3v) is 2.79. The van der Waals surface area contributed by atoms with Crippen molar-refractivity contribution in [1.82, 2.24) is 9.97 Å². The van der Waals surface area contributed by atoms with Crippen LogP contribution in [0.1, 0.15) is 56.8 Å². The van der Waals surface area contributed by atoms with Crippen molar-refractivity contribution in [2.24, 2.45) is 0 Å². The minimum absolute atomic E-state index is 0.0766. The van der Waals surface area contributed by atoms with E-state index in [1.165, 1.54) is 5.56 Å². The van der Waals surface area contributed by atoms with E-state index < -0.39 is 0 Å². The Morgan fingerprint density at radius 1 is 1.24 bits per heavy atom. The smallest absolute Gasteiger partial charge is 0.159 e. The average molecular weight is 237 g/mol. The van der Waals surface area contributed by atoms with Crippen LogP contribution < -0.4 is 5.32 Å². The number of nitrogens with one attached hydrogen (secondary N) is 1. The van der Waals surface area contributed by atoms with Gasteiger partial charge in [-0.3, -0.25) is 0 Å². The van der Waals surface area contributed by atoms with E-state index in [-0.39, 0.29) is 6.10 Å². The fourth-order valence-corrected chi connectivity index (χ4v) is 1.88. The van der Waals surface area contributed by atoms with Crippen molar-refractivity contribution >= 4 is 5.82 Å². The predicted octanol–water partition coefficient (Wildman–Crippen LogP) is 3.05. The lowest BCUT2D eigenvalue weighted by molar-refractivity contribution is 0.112. The number of hydrogen-bond acceptors (Lipinski definition) is 4. The summed E-state index contributed by atoms with van der Waals surface area (Å²) in [6.45, 7) is 11.2. The molecule has 1 rings (SSSR count). The topological polar surface area (TPSA) is 47.0 Å². The molecule has 0 saturated carbocycles. The van der Waals surface area contributed by atoms with Gasteiger partial charge in [0.25, 0.3) is 0 Å². The highest BCUT2D eigenvalue weighted by Crippen LogP contribution is 2.26. The Morgan fingerprint density at radius 2 is 1.88 bits per heavy atom. The molecule has 17 heavy (non-hydrogen) atoms. The van der Waals surface area contributed by atoms with Crippen LogP contribution in [0.25, 0.3) is 0 Å². The largest absolute Gasteiger partial charge is 0.374 e. The standard InChI is InChI=1S/C13H23N3O/c1-7-14-13-11(8(2)3)9(4)15-12(16-13)10(5)17-6/h8,10H,7H2,1-6H3,(H,14,15,16). The quantitative estimate of drug-likeness (QED) is 0.855. The van der Waals surface area contributed by atoms with Gasteiger partial charge in [-0.2, -0.15) is 0 Å². The molecule has 0 aliphatic heterocycles. The first-order valence-corrected chi connectivity index (χ1v) is 6.16. The second-order valence-electron chi connectivity index (χ2n) is 4.49. The maximum Gasteiger partial charge on any atom is 0.159 e. The van der Waals surface area contributed by atoms with E-state index in [0.717, 1.165) is 23.9 Å². The summed E-state index contributed by atoms with van der Waals surface area (Å²) in [4.78, 5) is 9.10. The van der Waals surface area contributed by atoms with Crippen LogP contribution in [0.2, 0.25) is 0 Å². The number of aryl methyl sites for hydroxylation is 1. The molecule has 1 N–H and O–H groups in total. The van der Waals surface area contributed by atoms with E-state index in [1.54, 1.807) is 7.11 Å². The average Bonchev–Trinajstić information content (AvgIpc) is 2.27. The minimum Gasteiger partial charge on any atom is -0.374 e. The van der Waals surface area contributed by atoms with Gasteiger partial charge in [-0.05, 0) is 26.7 Å². The van der Waals surface area contributed by atoms with Gasteiger partial charge in [-0.1, -0.05) is 13.8 Å². The molecule has 4 nitrogen and oxygen atoms in total. The molecule has 1 aromatic rings. The zero-order valence-corrected chi connectivity index (χ0v) is 11.7. The van der Waals surface area contributed by atoms with E-state index in [0.29, 0.717) is 5.92 Å². The summed E-state index contributed by atoms with van der Waals surface area (Å²) >= 11 is 0. The zero-order valence-electron chi connectivity index (χ0n) is 11.7. The van der Waals surface area contributed by atoms with E-state index in [1.807, 2.05) is 13.8 Å². The number of methoxy groups -OCH3 is 1. The maximum absolute atomic E-state index is 5.27. The summed E-state index contributed by atoms with van der Waals surface area (Å²) < 4.78 is 5.27. The second-order valence-corrected chi connectivity index (χ2v) is 4.49. The highest BCUT2D eigenvalue weighted by molar-refractivity contribution is 5.48. The van der Waals surface area contributed by atoms with Crippen molar-refractivity contribution in [2.75, 3.05) is 19.0 Å². The fraction of sp³-hybridized carbons (Fsp3) is 0.692. The van der Waals surface area contributed by atoms with Crippen LogP contribution in [0.5, 0.6) is 0 Å². The Hall–Kier alpha value is -1.16. The molecular formula is C13H23N3O. The van der Waals surface area contributed by atoms with Crippen molar-refractivity contribution in [3.05, 3.63) is 17.1 Å². The Kier molecular flexibility index (Phi) is 4.87. The Labute approximate surface area is 104 Å². The molecule has 0 radical (unpaired) electrons. The summed E-state index contributed by atoms with van der Waals surface area (Å²) in [6.07, 6.45) is -0.0766. The van der Waals surface area contributed by atoms with Crippen LogP contribution in [0.3, 0.4) is 0 Å². The summed E-state index contributed by atoms with van der Waals surface area (Å²) in [6, 6.07) is 0. The first-order valence-electron chi connectivity index (χ1n) is 6.16. The number of ether oxygens (including phenoxy) is 1. The van der Waals surface area contributed by atoms with Gasteiger partial charge < -0.3 is 10.1 Å². The van der Waals surface area contributed by atoms with Crippen molar-refractivity contribution in [1.29, 1.82) is 0 Å². The summed E-state index contributed by atoms with van der Waals surface area (Å²) in [5, 5.41) is 3.31. The first kappa shape index (κ1) is 13.9. The lowest BCUT2D eigenvalue weighted by Gasteiger charge is -2.18. The highest BCUT2D eigenvalue weighted by Gasteiger charge is 2.16. The van der Waals surface area contributed by atoms with E-state index in [4.69, 9.17) is 4.74 Å². The molecule has 0 amide bonds. The highest BCUT2D eigenvalue weighted by atomic mass is 16.5. The number of nitrogens with zero attached hydrogens (tertiary/aromatic N) is 2. The molecule has 1 atom stereocenters. The third kappa shape index (κ3) is 3.16. The van der Waals surface area contributed by atoms with E-state index in [9.17, 15) is 0 Å². The normalized spacial score (nSPS) is 12.9. The van der Waals surface area contributed by atoms with Gasteiger partial charge in [0, 0.05) is 24.9 Å². The van der Waals surface area contributed by atoms with Gasteiger partial charge in [0.15, 0.2) is 5.82 Å². The van der Waals surface area contributed by atoms with Crippen LogP contribution in [0.15, 0.2) is 0 Å². The monoisotopic (exact) mass is 237 g/mol. The van der Waals surface area contributed by atoms with E-state index in [2.05, 4.69) is 36.1 Å². The second kappa shape index (κ2) is 5.96. The summed E-state index contributed by atoms with van der Waals surface area (Å²) in [5.74, 6) is 2.09. The van der Waals surface area contributed by atoms with Gasteiger partial charge in [0.2, 0.25) is 0 Å². The first-order chi connectivity index (χ1) is 8.01. The van der Waals surface area contributed by atoms with E-state index >= 15 is 0 Å². The molecule has 1 unspecified atom stereocenters. The van der Waals surface area contributed by atoms with Crippen molar-refractivity contribution in [2.45, 2.75) is 46.6 Å². The fourth-order valence-electron chi connectivity index (χ4n) is 1.88. The van der Waals surface area contributed by atoms with Crippen LogP contribution in [0.4, 0.5) is 5.82 Å². The Bertz CT molecular complexity index is 377. The zero-order chi connectivity index (χ0) is 13.0. The molecule has 4 heteroatoms. The molecule has 96 valence electrons. The maximum atomic E-state index is 5.27. The molecule has 0 spiro atoms. The molecule has 0 bridgehead atoms. The summed E-state index contributed by atoms with van der Waals surface area (Å²) in [7, 11) is 1.67. The SMILES string of the molecule is CCNc1nc(C(C)OC)nc(C)c1C(C)C. The summed E-state index contributed by atoms with van der Waals surface area (Å²) in [5.41, 5.74) is 2.23. The molecule has 0 aliphatic rings. The van der Waals surface area contributed by atoms with Crippen LogP contribution >= 0.6 is 0 Å². The lowest BCUT2D eigenvalue weighted by Crippen LogP contribution is -2.13. The molecule has 0 aliphatic carbocycles. The van der Waals surface area contributed by atoms with Gasteiger partial charge >= 0.3 is 0 Å². The number of rotatable bonds is 5. The van der Waals surface area contributed by atoms with Crippen molar-refractivity contribution in [3.8, 4) is 0 Å². The van der Waals surface area contributed by atoms with Gasteiger partial charge in [-0.15, -0.1) is 0 Å². The lowest BCUT2D eigenvalue weighted by atomic mass is 10.0. The third-order valence-electron chi connectivity index (χ3n) is 2.79. The molecule has 0 aromatic carbocycles. The van der Waals surface area contributed by atoms with Crippen molar-refractivity contribution < 1.29 is 4.74 Å². The Balaban J connectivity index is 3.25. The van der Waals surface area contributed by atoms with Crippen LogP contribution in [0, 0.1) is 6.92 Å². The number of anilines is 1. The van der Waals surface area contributed by atoms with Crippen LogP contribution in [-0.4, -0.2) is 23.6 Å².